The van der Waals surface area contributed by atoms with E-state index in [1.807, 2.05) is 18.5 Å². The molecule has 3 rings (SSSR count). The monoisotopic (exact) mass is 431 g/mol. The largest absolute Gasteiger partial charge is 0.489 e. The number of likely N-dealkylation sites (tertiary alicyclic amines) is 1. The summed E-state index contributed by atoms with van der Waals surface area (Å²) in [6.45, 7) is 5.18. The molecule has 6 nitrogen and oxygen atoms in total. The number of rotatable bonds is 9. The lowest BCUT2D eigenvalue weighted by molar-refractivity contribution is 0.0799. The zero-order chi connectivity index (χ0) is 21.3. The Morgan fingerprint density at radius 1 is 1.33 bits per heavy atom. The lowest BCUT2D eigenvalue weighted by Crippen LogP contribution is -2.43. The standard InChI is InChI=1S/C23H30ClN3O3/c1-17(14-18-4-3-9-25-16-18)27-11-7-20(8-12-27)30-22-6-5-19(15-21(22)24)23(28)26-10-13-29-2/h3-6,9,15-17,20H,7-8,10-14H2,1-2H3,(H,26,28). The van der Waals surface area contributed by atoms with Crippen molar-refractivity contribution in [2.24, 2.45) is 0 Å². The summed E-state index contributed by atoms with van der Waals surface area (Å²) in [5.41, 5.74) is 1.78. The number of carbonyl (C=O) groups excluding carboxylic acids is 1. The molecule has 1 aromatic carbocycles. The second-order valence-electron chi connectivity index (χ2n) is 7.66. The topological polar surface area (TPSA) is 63.7 Å². The Hall–Kier alpha value is -2.15. The fourth-order valence-electron chi connectivity index (χ4n) is 3.71. The van der Waals surface area contributed by atoms with E-state index < -0.39 is 0 Å². The Balaban J connectivity index is 1.48. The van der Waals surface area contributed by atoms with Gasteiger partial charge in [-0.1, -0.05) is 17.7 Å². The second kappa shape index (κ2) is 11.3. The smallest absolute Gasteiger partial charge is 0.251 e. The minimum atomic E-state index is -0.170. The van der Waals surface area contributed by atoms with E-state index >= 15 is 0 Å². The molecule has 162 valence electrons. The highest BCUT2D eigenvalue weighted by Gasteiger charge is 2.24. The number of aromatic nitrogens is 1. The number of amides is 1. The maximum Gasteiger partial charge on any atom is 0.251 e. The van der Waals surface area contributed by atoms with Gasteiger partial charge in [0.15, 0.2) is 0 Å². The fraction of sp³-hybridized carbons (Fsp3) is 0.478. The van der Waals surface area contributed by atoms with Crippen molar-refractivity contribution < 1.29 is 14.3 Å². The van der Waals surface area contributed by atoms with Crippen LogP contribution in [0.3, 0.4) is 0 Å². The van der Waals surface area contributed by atoms with Crippen LogP contribution in [0.15, 0.2) is 42.7 Å². The molecule has 0 saturated carbocycles. The number of ether oxygens (including phenoxy) is 2. The Bertz CT molecular complexity index is 811. The van der Waals surface area contributed by atoms with E-state index in [4.69, 9.17) is 21.1 Å². The lowest BCUT2D eigenvalue weighted by atomic mass is 10.0. The first-order valence-electron chi connectivity index (χ1n) is 10.4. The molecule has 1 aromatic heterocycles. The average Bonchev–Trinajstić information content (AvgIpc) is 2.76. The van der Waals surface area contributed by atoms with Crippen LogP contribution >= 0.6 is 11.6 Å². The summed E-state index contributed by atoms with van der Waals surface area (Å²) in [5, 5.41) is 3.25. The van der Waals surface area contributed by atoms with Crippen molar-refractivity contribution in [1.29, 1.82) is 0 Å². The molecule has 1 aliphatic rings. The van der Waals surface area contributed by atoms with Crippen molar-refractivity contribution in [3.63, 3.8) is 0 Å². The number of nitrogens with zero attached hydrogens (tertiary/aromatic N) is 2. The summed E-state index contributed by atoms with van der Waals surface area (Å²) in [7, 11) is 1.60. The number of hydrogen-bond donors (Lipinski definition) is 1. The lowest BCUT2D eigenvalue weighted by Gasteiger charge is -2.36. The van der Waals surface area contributed by atoms with Crippen LogP contribution in [0.5, 0.6) is 5.75 Å². The van der Waals surface area contributed by atoms with Crippen LogP contribution in [0.4, 0.5) is 0 Å². The first-order valence-corrected chi connectivity index (χ1v) is 10.8. The summed E-state index contributed by atoms with van der Waals surface area (Å²) in [5.74, 6) is 0.461. The van der Waals surface area contributed by atoms with Gasteiger partial charge in [-0.15, -0.1) is 0 Å². The molecule has 0 spiro atoms. The molecule has 0 bridgehead atoms. The van der Waals surface area contributed by atoms with E-state index in [9.17, 15) is 4.79 Å². The number of hydrogen-bond acceptors (Lipinski definition) is 5. The van der Waals surface area contributed by atoms with E-state index in [0.717, 1.165) is 32.4 Å². The molecular formula is C23H30ClN3O3. The molecule has 1 N–H and O–H groups in total. The number of carbonyl (C=O) groups is 1. The third-order valence-electron chi connectivity index (χ3n) is 5.43. The van der Waals surface area contributed by atoms with Gasteiger partial charge in [0.25, 0.3) is 5.91 Å². The average molecular weight is 432 g/mol. The van der Waals surface area contributed by atoms with Crippen molar-refractivity contribution in [3.05, 3.63) is 58.9 Å². The van der Waals surface area contributed by atoms with Crippen LogP contribution in [0.1, 0.15) is 35.7 Å². The molecule has 2 aromatic rings. The van der Waals surface area contributed by atoms with Crippen molar-refractivity contribution in [2.75, 3.05) is 33.4 Å². The number of halogens is 1. The number of benzene rings is 1. The summed E-state index contributed by atoms with van der Waals surface area (Å²) < 4.78 is 11.1. The Kier molecular flexibility index (Phi) is 8.49. The molecule has 7 heteroatoms. The number of pyridine rings is 1. The van der Waals surface area contributed by atoms with Crippen LogP contribution in [0.25, 0.3) is 0 Å². The van der Waals surface area contributed by atoms with E-state index in [1.165, 1.54) is 5.56 Å². The Morgan fingerprint density at radius 3 is 2.80 bits per heavy atom. The van der Waals surface area contributed by atoms with Gasteiger partial charge in [0, 0.05) is 50.7 Å². The van der Waals surface area contributed by atoms with Crippen LogP contribution in [0, 0.1) is 0 Å². The molecular weight excluding hydrogens is 402 g/mol. The SMILES string of the molecule is COCCNC(=O)c1ccc(OC2CCN(C(C)Cc3cccnc3)CC2)c(Cl)c1. The van der Waals surface area contributed by atoms with Gasteiger partial charge in [-0.3, -0.25) is 9.78 Å². The van der Waals surface area contributed by atoms with Gasteiger partial charge in [0.05, 0.1) is 11.6 Å². The van der Waals surface area contributed by atoms with Gasteiger partial charge in [0.1, 0.15) is 11.9 Å². The van der Waals surface area contributed by atoms with Crippen molar-refractivity contribution in [2.45, 2.75) is 38.3 Å². The molecule has 0 aliphatic carbocycles. The molecule has 1 atom stereocenters. The molecule has 1 fully saturated rings. The van der Waals surface area contributed by atoms with Gasteiger partial charge in [-0.2, -0.15) is 0 Å². The number of nitrogens with one attached hydrogen (secondary N) is 1. The third kappa shape index (κ3) is 6.42. The highest BCUT2D eigenvalue weighted by Crippen LogP contribution is 2.29. The van der Waals surface area contributed by atoms with Gasteiger partial charge in [-0.25, -0.2) is 0 Å². The molecule has 30 heavy (non-hydrogen) atoms. The van der Waals surface area contributed by atoms with E-state index in [1.54, 1.807) is 25.3 Å². The van der Waals surface area contributed by atoms with Crippen molar-refractivity contribution >= 4 is 17.5 Å². The Morgan fingerprint density at radius 2 is 2.13 bits per heavy atom. The number of piperidine rings is 1. The molecule has 0 radical (unpaired) electrons. The van der Waals surface area contributed by atoms with Crippen molar-refractivity contribution in [3.8, 4) is 5.75 Å². The summed E-state index contributed by atoms with van der Waals surface area (Å²) in [4.78, 5) is 18.8. The van der Waals surface area contributed by atoms with E-state index in [-0.39, 0.29) is 12.0 Å². The Labute approximate surface area is 183 Å². The molecule has 1 amide bonds. The van der Waals surface area contributed by atoms with Crippen LogP contribution in [-0.2, 0) is 11.2 Å². The summed E-state index contributed by atoms with van der Waals surface area (Å²) in [6.07, 6.45) is 6.78. The van der Waals surface area contributed by atoms with Crippen LogP contribution in [-0.4, -0.2) is 61.3 Å². The maximum atomic E-state index is 12.1. The first-order chi connectivity index (χ1) is 14.6. The third-order valence-corrected chi connectivity index (χ3v) is 5.73. The van der Waals surface area contributed by atoms with Gasteiger partial charge in [0.2, 0.25) is 0 Å². The van der Waals surface area contributed by atoms with Crippen LogP contribution in [0.2, 0.25) is 5.02 Å². The minimum absolute atomic E-state index is 0.130. The van der Waals surface area contributed by atoms with Crippen LogP contribution < -0.4 is 10.1 Å². The highest BCUT2D eigenvalue weighted by molar-refractivity contribution is 6.32. The quantitative estimate of drug-likeness (QED) is 0.615. The predicted octanol–water partition coefficient (Wildman–Crippen LogP) is 3.59. The summed E-state index contributed by atoms with van der Waals surface area (Å²) in [6, 6.07) is 9.77. The van der Waals surface area contributed by atoms with Gasteiger partial charge >= 0.3 is 0 Å². The summed E-state index contributed by atoms with van der Waals surface area (Å²) >= 11 is 6.38. The van der Waals surface area contributed by atoms with E-state index in [2.05, 4.69) is 28.2 Å². The van der Waals surface area contributed by atoms with E-state index in [0.29, 0.717) is 35.5 Å². The zero-order valence-electron chi connectivity index (χ0n) is 17.6. The van der Waals surface area contributed by atoms with Gasteiger partial charge < -0.3 is 19.7 Å². The molecule has 1 unspecified atom stereocenters. The molecule has 1 saturated heterocycles. The maximum absolute atomic E-state index is 12.1. The number of methoxy groups -OCH3 is 1. The predicted molar refractivity (Wildman–Crippen MR) is 118 cm³/mol. The fourth-order valence-corrected chi connectivity index (χ4v) is 3.93. The minimum Gasteiger partial charge on any atom is -0.489 e. The highest BCUT2D eigenvalue weighted by atomic mass is 35.5. The zero-order valence-corrected chi connectivity index (χ0v) is 18.4. The molecule has 2 heterocycles. The van der Waals surface area contributed by atoms with Crippen molar-refractivity contribution in [1.82, 2.24) is 15.2 Å². The normalized spacial score (nSPS) is 16.2. The van der Waals surface area contributed by atoms with Gasteiger partial charge in [-0.05, 0) is 56.0 Å². The molecule has 1 aliphatic heterocycles. The second-order valence-corrected chi connectivity index (χ2v) is 8.07. The first kappa shape index (κ1) is 22.5.